The molecule has 2 atom stereocenters. The zero-order valence-corrected chi connectivity index (χ0v) is 22.5. The van der Waals surface area contributed by atoms with Crippen molar-refractivity contribution in [3.05, 3.63) is 29.8 Å². The van der Waals surface area contributed by atoms with E-state index in [1.165, 1.54) is 11.8 Å². The van der Waals surface area contributed by atoms with E-state index in [-0.39, 0.29) is 25.0 Å². The first-order valence-electron chi connectivity index (χ1n) is 12.0. The highest BCUT2D eigenvalue weighted by atomic mass is 35.5. The Balaban J connectivity index is 2.67. The molecule has 7 N–H and O–H groups in total. The monoisotopic (exact) mass is 574 g/mol. The van der Waals surface area contributed by atoms with Gasteiger partial charge >= 0.3 is 17.9 Å². The van der Waals surface area contributed by atoms with E-state index in [1.54, 1.807) is 0 Å². The SMILES string of the molecule is N[C@@H](CCC(=O)N[C@@H](CSCCN(CCCl)c1ccc(CCCC(=O)O)cc1)C(=O)NCC(=O)O)C(=O)O. The number of carboxylic acid groups (broad SMARTS) is 3. The fraction of sp³-hybridized carbons (Fsp3) is 0.542. The average Bonchev–Trinajstić information content (AvgIpc) is 2.87. The Labute approximate surface area is 230 Å². The molecule has 0 saturated carbocycles. The zero-order chi connectivity index (χ0) is 28.5. The second-order valence-corrected chi connectivity index (χ2v) is 9.91. The lowest BCUT2D eigenvalue weighted by atomic mass is 10.1. The van der Waals surface area contributed by atoms with Crippen molar-refractivity contribution >= 4 is 58.8 Å². The predicted octanol–water partition coefficient (Wildman–Crippen LogP) is 0.750. The van der Waals surface area contributed by atoms with Crippen molar-refractivity contribution in [3.63, 3.8) is 0 Å². The number of aliphatic carboxylic acids is 3. The number of thioether (sulfide) groups is 1. The average molecular weight is 575 g/mol. The molecule has 0 unspecified atom stereocenters. The number of nitrogens with one attached hydrogen (secondary N) is 2. The van der Waals surface area contributed by atoms with Gasteiger partial charge in [-0.2, -0.15) is 11.8 Å². The molecule has 0 aromatic heterocycles. The lowest BCUT2D eigenvalue weighted by Gasteiger charge is -2.25. The van der Waals surface area contributed by atoms with E-state index >= 15 is 0 Å². The smallest absolute Gasteiger partial charge is 0.322 e. The predicted molar refractivity (Wildman–Crippen MR) is 145 cm³/mol. The summed E-state index contributed by atoms with van der Waals surface area (Å²) in [6, 6.07) is 5.55. The molecule has 0 aliphatic rings. The van der Waals surface area contributed by atoms with Gasteiger partial charge in [-0.3, -0.25) is 24.0 Å². The summed E-state index contributed by atoms with van der Waals surface area (Å²) < 4.78 is 0. The van der Waals surface area contributed by atoms with Crippen LogP contribution >= 0.6 is 23.4 Å². The summed E-state index contributed by atoms with van der Waals surface area (Å²) in [6.45, 7) is 0.555. The summed E-state index contributed by atoms with van der Waals surface area (Å²) >= 11 is 7.35. The number of halogens is 1. The maximum absolute atomic E-state index is 12.4. The largest absolute Gasteiger partial charge is 0.481 e. The Kier molecular flexibility index (Phi) is 15.9. The number of carboxylic acids is 3. The normalized spacial score (nSPS) is 12.3. The van der Waals surface area contributed by atoms with Crippen molar-refractivity contribution in [1.82, 2.24) is 10.6 Å². The molecular weight excluding hydrogens is 540 g/mol. The molecular formula is C24H35ClN4O8S. The maximum atomic E-state index is 12.4. The summed E-state index contributed by atoms with van der Waals surface area (Å²) in [4.78, 5) is 59.1. The number of nitrogens with zero attached hydrogens (tertiary/aromatic N) is 1. The summed E-state index contributed by atoms with van der Waals surface area (Å²) in [5.41, 5.74) is 7.38. The van der Waals surface area contributed by atoms with Gasteiger partial charge in [0.15, 0.2) is 0 Å². The van der Waals surface area contributed by atoms with Crippen LogP contribution in [0.5, 0.6) is 0 Å². The molecule has 0 fully saturated rings. The Morgan fingerprint density at radius 3 is 2.26 bits per heavy atom. The minimum Gasteiger partial charge on any atom is -0.481 e. The number of hydrogen-bond donors (Lipinski definition) is 6. The standard InChI is InChI=1S/C24H35ClN4O8S/c25-10-11-29(17-6-4-16(5-7-17)2-1-3-21(31)32)12-13-38-15-19(23(35)27-14-22(33)34)28-20(30)9-8-18(26)24(36)37/h4-7,18-19H,1-3,8-15,26H2,(H,27,35)(H,28,30)(H,31,32)(H,33,34)(H,36,37)/t18-,19-/m0/s1. The highest BCUT2D eigenvalue weighted by Crippen LogP contribution is 2.18. The zero-order valence-electron chi connectivity index (χ0n) is 20.9. The Bertz CT molecular complexity index is 935. The van der Waals surface area contributed by atoms with Crippen molar-refractivity contribution in [2.75, 3.05) is 41.9 Å². The summed E-state index contributed by atoms with van der Waals surface area (Å²) in [7, 11) is 0. The van der Waals surface area contributed by atoms with E-state index in [9.17, 15) is 24.0 Å². The molecule has 0 bridgehead atoms. The first kappa shape index (κ1) is 33.0. The van der Waals surface area contributed by atoms with E-state index in [2.05, 4.69) is 15.5 Å². The van der Waals surface area contributed by atoms with Gasteiger partial charge in [0.2, 0.25) is 11.8 Å². The quantitative estimate of drug-likeness (QED) is 0.0948. The second-order valence-electron chi connectivity index (χ2n) is 8.38. The summed E-state index contributed by atoms with van der Waals surface area (Å²) in [5.74, 6) is -3.39. The Morgan fingerprint density at radius 2 is 1.68 bits per heavy atom. The van der Waals surface area contributed by atoms with Gasteiger partial charge in [0, 0.05) is 49.0 Å². The van der Waals surface area contributed by atoms with E-state index < -0.39 is 48.4 Å². The Hall–Kier alpha value is -3.03. The molecule has 0 aliphatic heterocycles. The highest BCUT2D eigenvalue weighted by Gasteiger charge is 2.22. The van der Waals surface area contributed by atoms with Crippen LogP contribution in [0.15, 0.2) is 24.3 Å². The minimum absolute atomic E-state index is 0.108. The van der Waals surface area contributed by atoms with Crippen LogP contribution in [0.3, 0.4) is 0 Å². The number of carbonyl (C=O) groups excluding carboxylic acids is 2. The van der Waals surface area contributed by atoms with Gasteiger partial charge in [-0.05, 0) is 37.0 Å². The van der Waals surface area contributed by atoms with Crippen LogP contribution in [0.1, 0.15) is 31.2 Å². The van der Waals surface area contributed by atoms with Crippen LogP contribution in [0.25, 0.3) is 0 Å². The lowest BCUT2D eigenvalue weighted by molar-refractivity contribution is -0.139. The highest BCUT2D eigenvalue weighted by molar-refractivity contribution is 7.99. The van der Waals surface area contributed by atoms with Gasteiger partial charge < -0.3 is 36.6 Å². The number of hydrogen-bond acceptors (Lipinski definition) is 8. The number of amides is 2. The molecule has 38 heavy (non-hydrogen) atoms. The second kappa shape index (κ2) is 18.3. The summed E-state index contributed by atoms with van der Waals surface area (Å²) in [6.07, 6.45) is 1.03. The van der Waals surface area contributed by atoms with Crippen molar-refractivity contribution in [3.8, 4) is 0 Å². The van der Waals surface area contributed by atoms with E-state index in [0.717, 1.165) is 11.3 Å². The molecule has 0 spiro atoms. The van der Waals surface area contributed by atoms with E-state index in [0.29, 0.717) is 37.6 Å². The molecule has 0 aliphatic carbocycles. The van der Waals surface area contributed by atoms with Crippen molar-refractivity contribution in [2.24, 2.45) is 5.73 Å². The molecule has 0 heterocycles. The number of rotatable bonds is 20. The van der Waals surface area contributed by atoms with Gasteiger partial charge in [-0.15, -0.1) is 11.6 Å². The van der Waals surface area contributed by atoms with Crippen LogP contribution in [0.2, 0.25) is 0 Å². The number of aryl methyl sites for hydroxylation is 1. The van der Waals surface area contributed by atoms with Gasteiger partial charge in [0.05, 0.1) is 0 Å². The summed E-state index contributed by atoms with van der Waals surface area (Å²) in [5, 5.41) is 31.2. The topological polar surface area (TPSA) is 199 Å². The minimum atomic E-state index is -1.24. The van der Waals surface area contributed by atoms with Gasteiger partial charge in [-0.1, -0.05) is 12.1 Å². The van der Waals surface area contributed by atoms with Crippen LogP contribution in [0.4, 0.5) is 5.69 Å². The van der Waals surface area contributed by atoms with Gasteiger partial charge in [0.1, 0.15) is 18.6 Å². The van der Waals surface area contributed by atoms with Crippen molar-refractivity contribution < 1.29 is 39.3 Å². The third kappa shape index (κ3) is 14.1. The first-order valence-corrected chi connectivity index (χ1v) is 13.7. The molecule has 0 saturated heterocycles. The van der Waals surface area contributed by atoms with Gasteiger partial charge in [-0.25, -0.2) is 0 Å². The molecule has 1 aromatic carbocycles. The molecule has 12 nitrogen and oxygen atoms in total. The number of nitrogens with two attached hydrogens (primary N) is 1. The Morgan fingerprint density at radius 1 is 1.00 bits per heavy atom. The molecule has 1 rings (SSSR count). The lowest BCUT2D eigenvalue weighted by Crippen LogP contribution is -2.49. The third-order valence-corrected chi connectivity index (χ3v) is 6.58. The van der Waals surface area contributed by atoms with E-state index in [1.807, 2.05) is 24.3 Å². The van der Waals surface area contributed by atoms with Crippen LogP contribution in [0, 0.1) is 0 Å². The van der Waals surface area contributed by atoms with Crippen LogP contribution < -0.4 is 21.3 Å². The fourth-order valence-electron chi connectivity index (χ4n) is 3.31. The van der Waals surface area contributed by atoms with Crippen LogP contribution in [-0.4, -0.2) is 94.1 Å². The number of carbonyl (C=O) groups is 5. The fourth-order valence-corrected chi connectivity index (χ4v) is 4.50. The van der Waals surface area contributed by atoms with E-state index in [4.69, 9.17) is 32.7 Å². The number of alkyl halides is 1. The van der Waals surface area contributed by atoms with Crippen LogP contribution in [-0.2, 0) is 30.4 Å². The van der Waals surface area contributed by atoms with Crippen molar-refractivity contribution in [1.29, 1.82) is 0 Å². The number of benzene rings is 1. The number of anilines is 1. The molecule has 14 heteroatoms. The molecule has 1 aromatic rings. The molecule has 0 radical (unpaired) electrons. The third-order valence-electron chi connectivity index (χ3n) is 5.37. The van der Waals surface area contributed by atoms with Crippen molar-refractivity contribution in [2.45, 2.75) is 44.2 Å². The van der Waals surface area contributed by atoms with Gasteiger partial charge in [0.25, 0.3) is 0 Å². The molecule has 212 valence electrons. The first-order chi connectivity index (χ1) is 18.0. The molecule has 2 amide bonds. The maximum Gasteiger partial charge on any atom is 0.322 e.